The van der Waals surface area contributed by atoms with Gasteiger partial charge in [-0.25, -0.2) is 0 Å². The molecule has 0 aromatic heterocycles. The molecule has 4 aliphatic carbocycles. The van der Waals surface area contributed by atoms with Crippen molar-refractivity contribution in [1.82, 2.24) is 0 Å². The van der Waals surface area contributed by atoms with E-state index < -0.39 is 14.4 Å². The van der Waals surface area contributed by atoms with Crippen LogP contribution in [0.5, 0.6) is 0 Å². The highest BCUT2D eigenvalue weighted by Gasteiger charge is 2.57. The Morgan fingerprint density at radius 3 is 2.40 bits per heavy atom. The standard InChI is InChI=1S/C31H54O3Si/c1-21(9-11-23(33)20-32)26-13-14-27-25-12-10-22-19-24(34-35(7,8)29(2,3)4)15-17-30(22,5)28(25)16-18-31(26,27)6/h10,12,21,23-24,26-28,32-33H,9,11,13-20H2,1-8H3/t21-,23-,24+,26-,27+,28+,30+,31-/m1/s1. The molecule has 0 bridgehead atoms. The second kappa shape index (κ2) is 9.71. The number of aliphatic hydroxyl groups is 2. The fourth-order valence-corrected chi connectivity index (χ4v) is 9.77. The lowest BCUT2D eigenvalue weighted by Crippen LogP contribution is -2.49. The lowest BCUT2D eigenvalue weighted by Gasteiger charge is -2.56. The van der Waals surface area contributed by atoms with Crippen molar-refractivity contribution in [3.63, 3.8) is 0 Å². The Balaban J connectivity index is 1.50. The van der Waals surface area contributed by atoms with Crippen molar-refractivity contribution in [3.8, 4) is 0 Å². The molecular weight excluding hydrogens is 448 g/mol. The molecule has 3 saturated carbocycles. The lowest BCUT2D eigenvalue weighted by atomic mass is 9.50. The van der Waals surface area contributed by atoms with Crippen LogP contribution in [0.25, 0.3) is 0 Å². The highest BCUT2D eigenvalue weighted by atomic mass is 28.4. The summed E-state index contributed by atoms with van der Waals surface area (Å²) in [6.45, 7) is 19.3. The van der Waals surface area contributed by atoms with E-state index >= 15 is 0 Å². The molecule has 0 spiro atoms. The van der Waals surface area contributed by atoms with Crippen molar-refractivity contribution < 1.29 is 14.6 Å². The van der Waals surface area contributed by atoms with Gasteiger partial charge in [0.2, 0.25) is 0 Å². The first kappa shape index (κ1) is 27.6. The first-order valence-corrected chi connectivity index (χ1v) is 17.5. The summed E-state index contributed by atoms with van der Waals surface area (Å²) in [5, 5.41) is 19.4. The average molecular weight is 503 g/mol. The number of rotatable bonds is 7. The van der Waals surface area contributed by atoms with Crippen LogP contribution in [0.4, 0.5) is 0 Å². The van der Waals surface area contributed by atoms with Crippen molar-refractivity contribution in [2.75, 3.05) is 6.61 Å². The zero-order valence-corrected chi connectivity index (χ0v) is 25.0. The summed E-state index contributed by atoms with van der Waals surface area (Å²) in [6.07, 6.45) is 15.6. The summed E-state index contributed by atoms with van der Waals surface area (Å²) >= 11 is 0. The Hall–Kier alpha value is -0.423. The van der Waals surface area contributed by atoms with Gasteiger partial charge in [-0.1, -0.05) is 64.8 Å². The van der Waals surface area contributed by atoms with Gasteiger partial charge in [-0.2, -0.15) is 0 Å². The van der Waals surface area contributed by atoms with E-state index in [1.54, 1.807) is 11.1 Å². The number of allylic oxidation sites excluding steroid dienone is 3. The van der Waals surface area contributed by atoms with Gasteiger partial charge in [-0.3, -0.25) is 0 Å². The molecule has 4 aliphatic rings. The van der Waals surface area contributed by atoms with E-state index in [0.717, 1.165) is 25.2 Å². The largest absolute Gasteiger partial charge is 0.414 e. The van der Waals surface area contributed by atoms with Crippen LogP contribution in [-0.2, 0) is 4.43 Å². The van der Waals surface area contributed by atoms with Crippen molar-refractivity contribution in [2.24, 2.45) is 34.5 Å². The van der Waals surface area contributed by atoms with Gasteiger partial charge in [0.05, 0.1) is 12.7 Å². The summed E-state index contributed by atoms with van der Waals surface area (Å²) in [6, 6.07) is 0. The molecule has 3 nitrogen and oxygen atoms in total. The molecule has 35 heavy (non-hydrogen) atoms. The monoisotopic (exact) mass is 502 g/mol. The summed E-state index contributed by atoms with van der Waals surface area (Å²) in [5.41, 5.74) is 4.12. The third-order valence-corrected chi connectivity index (χ3v) is 16.3. The van der Waals surface area contributed by atoms with E-state index in [1.165, 1.54) is 38.5 Å². The number of hydrogen-bond acceptors (Lipinski definition) is 3. The molecule has 0 aromatic rings. The minimum absolute atomic E-state index is 0.110. The van der Waals surface area contributed by atoms with Crippen molar-refractivity contribution in [1.29, 1.82) is 0 Å². The van der Waals surface area contributed by atoms with Crippen molar-refractivity contribution in [2.45, 2.75) is 130 Å². The number of aliphatic hydroxyl groups excluding tert-OH is 2. The molecular formula is C31H54O3Si. The van der Waals surface area contributed by atoms with Gasteiger partial charge >= 0.3 is 0 Å². The lowest BCUT2D eigenvalue weighted by molar-refractivity contribution is 0.0294. The third kappa shape index (κ3) is 4.91. The molecule has 0 amide bonds. The zero-order valence-electron chi connectivity index (χ0n) is 24.0. The molecule has 200 valence electrons. The molecule has 3 fully saturated rings. The normalized spacial score (nSPS) is 39.1. The van der Waals surface area contributed by atoms with Gasteiger partial charge in [-0.05, 0) is 110 Å². The van der Waals surface area contributed by atoms with Crippen LogP contribution in [0.15, 0.2) is 23.3 Å². The van der Waals surface area contributed by atoms with Gasteiger partial charge in [0.15, 0.2) is 8.32 Å². The second-order valence-electron chi connectivity index (χ2n) is 14.7. The van der Waals surface area contributed by atoms with Crippen LogP contribution in [-0.4, -0.2) is 37.3 Å². The highest BCUT2D eigenvalue weighted by molar-refractivity contribution is 6.74. The van der Waals surface area contributed by atoms with E-state index in [2.05, 4.69) is 66.8 Å². The Morgan fingerprint density at radius 2 is 1.74 bits per heavy atom. The van der Waals surface area contributed by atoms with Crippen LogP contribution in [0.1, 0.15) is 99.3 Å². The minimum Gasteiger partial charge on any atom is -0.414 e. The molecule has 0 unspecified atom stereocenters. The van der Waals surface area contributed by atoms with Gasteiger partial charge in [0, 0.05) is 6.10 Å². The van der Waals surface area contributed by atoms with Crippen LogP contribution in [0.3, 0.4) is 0 Å². The Kier molecular flexibility index (Phi) is 7.66. The van der Waals surface area contributed by atoms with E-state index in [9.17, 15) is 10.2 Å². The summed E-state index contributed by atoms with van der Waals surface area (Å²) in [7, 11) is -1.74. The van der Waals surface area contributed by atoms with E-state index in [1.807, 2.05) is 0 Å². The summed E-state index contributed by atoms with van der Waals surface area (Å²) in [4.78, 5) is 0. The maximum absolute atomic E-state index is 9.89. The van der Waals surface area contributed by atoms with Gasteiger partial charge in [-0.15, -0.1) is 0 Å². The van der Waals surface area contributed by atoms with Gasteiger partial charge in [0.25, 0.3) is 0 Å². The van der Waals surface area contributed by atoms with E-state index in [4.69, 9.17) is 4.43 Å². The Bertz CT molecular complexity index is 839. The fourth-order valence-electron chi connectivity index (χ4n) is 8.39. The van der Waals surface area contributed by atoms with Crippen LogP contribution in [0, 0.1) is 34.5 Å². The molecule has 4 heteroatoms. The average Bonchev–Trinajstić information content (AvgIpc) is 3.13. The first-order chi connectivity index (χ1) is 16.2. The number of fused-ring (bicyclic) bond motifs is 5. The smallest absolute Gasteiger partial charge is 0.192 e. The molecule has 0 radical (unpaired) electrons. The third-order valence-electron chi connectivity index (χ3n) is 11.7. The summed E-state index contributed by atoms with van der Waals surface area (Å²) in [5.74, 6) is 2.76. The maximum Gasteiger partial charge on any atom is 0.192 e. The van der Waals surface area contributed by atoms with Crippen LogP contribution < -0.4 is 0 Å². The molecule has 0 aromatic carbocycles. The predicted octanol–water partition coefficient (Wildman–Crippen LogP) is 7.65. The molecule has 0 heterocycles. The van der Waals surface area contributed by atoms with Crippen molar-refractivity contribution >= 4 is 8.32 Å². The topological polar surface area (TPSA) is 49.7 Å². The predicted molar refractivity (Wildman–Crippen MR) is 149 cm³/mol. The molecule has 0 aliphatic heterocycles. The molecule has 2 N–H and O–H groups in total. The van der Waals surface area contributed by atoms with Gasteiger partial charge < -0.3 is 14.6 Å². The molecule has 8 atom stereocenters. The zero-order chi connectivity index (χ0) is 25.8. The van der Waals surface area contributed by atoms with E-state index in [0.29, 0.717) is 34.7 Å². The van der Waals surface area contributed by atoms with E-state index in [-0.39, 0.29) is 11.6 Å². The van der Waals surface area contributed by atoms with Gasteiger partial charge in [0.1, 0.15) is 0 Å². The first-order valence-electron chi connectivity index (χ1n) is 14.6. The fraction of sp³-hybridized carbons (Fsp3) is 0.871. The number of hydrogen-bond donors (Lipinski definition) is 2. The maximum atomic E-state index is 9.89. The Labute approximate surface area is 216 Å². The van der Waals surface area contributed by atoms with Crippen molar-refractivity contribution in [3.05, 3.63) is 23.3 Å². The van der Waals surface area contributed by atoms with Crippen LogP contribution >= 0.6 is 0 Å². The second-order valence-corrected chi connectivity index (χ2v) is 19.5. The summed E-state index contributed by atoms with van der Waals surface area (Å²) < 4.78 is 6.89. The SMILES string of the molecule is C[C@H](CC[C@@H](O)CO)[C@H]1CC[C@H]2C3=CC=C4C[C@@H](O[Si](C)(C)C(C)(C)C)CC[C@]4(C)[C@H]3CC[C@]12C. The minimum atomic E-state index is -1.74. The van der Waals surface area contributed by atoms with Crippen LogP contribution in [0.2, 0.25) is 18.1 Å². The quantitative estimate of drug-likeness (QED) is 0.352. The Morgan fingerprint density at radius 1 is 1.03 bits per heavy atom. The molecule has 4 rings (SSSR count). The molecule has 0 saturated heterocycles. The highest BCUT2D eigenvalue weighted by Crippen LogP contribution is 2.66.